The maximum Gasteiger partial charge on any atom is 0.227 e. The molecule has 0 radical (unpaired) electrons. The first-order valence-electron chi connectivity index (χ1n) is 7.38. The van der Waals surface area contributed by atoms with E-state index >= 15 is 0 Å². The van der Waals surface area contributed by atoms with Crippen molar-refractivity contribution in [1.29, 1.82) is 0 Å². The molecule has 7 heteroatoms. The zero-order valence-corrected chi connectivity index (χ0v) is 15.8. The third-order valence-corrected chi connectivity index (χ3v) is 4.07. The van der Waals surface area contributed by atoms with Crippen LogP contribution in [-0.4, -0.2) is 29.8 Å². The second-order valence-electron chi connectivity index (χ2n) is 5.26. The van der Waals surface area contributed by atoms with E-state index < -0.39 is 11.6 Å². The lowest BCUT2D eigenvalue weighted by molar-refractivity contribution is 0.289. The number of rotatable bonds is 6. The summed E-state index contributed by atoms with van der Waals surface area (Å²) >= 11 is 2.10. The second-order valence-corrected chi connectivity index (χ2v) is 6.43. The van der Waals surface area contributed by atoms with Gasteiger partial charge in [-0.2, -0.15) is 0 Å². The van der Waals surface area contributed by atoms with Crippen molar-refractivity contribution in [1.82, 2.24) is 9.88 Å². The maximum atomic E-state index is 13.2. The predicted octanol–water partition coefficient (Wildman–Crippen LogP) is 4.46. The van der Waals surface area contributed by atoms with Gasteiger partial charge in [0.05, 0.1) is 21.3 Å². The topological polar surface area (TPSA) is 37.7 Å². The monoisotopic (exact) mass is 445 g/mol. The Balaban J connectivity index is 2.14. The SMILES string of the molecule is CCN(C)C=Nc1cc(I)c(OCc2cc(F)cc(F)c2)nc1C. The van der Waals surface area contributed by atoms with Gasteiger partial charge in [0.2, 0.25) is 5.88 Å². The molecule has 2 rings (SSSR count). The van der Waals surface area contributed by atoms with Gasteiger partial charge in [-0.1, -0.05) is 0 Å². The van der Waals surface area contributed by atoms with Crippen molar-refractivity contribution >= 4 is 34.6 Å². The zero-order chi connectivity index (χ0) is 17.7. The molecule has 0 N–H and O–H groups in total. The van der Waals surface area contributed by atoms with Crippen LogP contribution in [0.15, 0.2) is 29.3 Å². The summed E-state index contributed by atoms with van der Waals surface area (Å²) in [4.78, 5) is 10.7. The van der Waals surface area contributed by atoms with Gasteiger partial charge in [0.25, 0.3) is 0 Å². The molecule has 0 aliphatic carbocycles. The number of hydrogen-bond donors (Lipinski definition) is 0. The summed E-state index contributed by atoms with van der Waals surface area (Å²) in [5.41, 5.74) is 1.88. The zero-order valence-electron chi connectivity index (χ0n) is 13.7. The highest BCUT2D eigenvalue weighted by Crippen LogP contribution is 2.27. The number of aliphatic imine (C=N–C) groups is 1. The molecule has 0 unspecified atom stereocenters. The molecule has 0 aliphatic rings. The first-order valence-corrected chi connectivity index (χ1v) is 8.46. The fraction of sp³-hybridized carbons (Fsp3) is 0.294. The molecule has 0 spiro atoms. The van der Waals surface area contributed by atoms with Crippen molar-refractivity contribution in [3.05, 3.63) is 50.7 Å². The number of halogens is 3. The van der Waals surface area contributed by atoms with E-state index in [0.717, 1.165) is 27.6 Å². The molecule has 0 aliphatic heterocycles. The first-order chi connectivity index (χ1) is 11.4. The Labute approximate surface area is 153 Å². The summed E-state index contributed by atoms with van der Waals surface area (Å²) in [6.07, 6.45) is 1.75. The Morgan fingerprint density at radius 3 is 2.54 bits per heavy atom. The van der Waals surface area contributed by atoms with Gasteiger partial charge in [0.1, 0.15) is 18.2 Å². The van der Waals surface area contributed by atoms with Crippen molar-refractivity contribution in [3.8, 4) is 5.88 Å². The van der Waals surface area contributed by atoms with Crippen LogP contribution in [0, 0.1) is 22.1 Å². The minimum absolute atomic E-state index is 0.0400. The maximum absolute atomic E-state index is 13.2. The van der Waals surface area contributed by atoms with Crippen molar-refractivity contribution in [2.75, 3.05) is 13.6 Å². The first kappa shape index (κ1) is 18.6. The van der Waals surface area contributed by atoms with E-state index in [4.69, 9.17) is 4.74 Å². The third-order valence-electron chi connectivity index (χ3n) is 3.30. The molecule has 2 aromatic rings. The summed E-state index contributed by atoms with van der Waals surface area (Å²) < 4.78 is 32.8. The van der Waals surface area contributed by atoms with Gasteiger partial charge in [-0.3, -0.25) is 0 Å². The molecule has 0 saturated carbocycles. The Morgan fingerprint density at radius 2 is 1.92 bits per heavy atom. The van der Waals surface area contributed by atoms with Crippen molar-refractivity contribution in [3.63, 3.8) is 0 Å². The smallest absolute Gasteiger partial charge is 0.227 e. The molecule has 0 saturated heterocycles. The van der Waals surface area contributed by atoms with Crippen LogP contribution >= 0.6 is 22.6 Å². The van der Waals surface area contributed by atoms with Gasteiger partial charge in [-0.25, -0.2) is 18.8 Å². The quantitative estimate of drug-likeness (QED) is 0.375. The summed E-state index contributed by atoms with van der Waals surface area (Å²) in [5, 5.41) is 0. The fourth-order valence-corrected chi connectivity index (χ4v) is 2.44. The molecule has 1 aromatic heterocycles. The Kier molecular flexibility index (Phi) is 6.47. The van der Waals surface area contributed by atoms with Crippen molar-refractivity contribution < 1.29 is 13.5 Å². The summed E-state index contributed by atoms with van der Waals surface area (Å²) in [6.45, 7) is 4.77. The van der Waals surface area contributed by atoms with E-state index in [1.54, 1.807) is 6.34 Å². The number of pyridine rings is 1. The van der Waals surface area contributed by atoms with E-state index in [9.17, 15) is 8.78 Å². The summed E-state index contributed by atoms with van der Waals surface area (Å²) in [5.74, 6) is -0.838. The predicted molar refractivity (Wildman–Crippen MR) is 98.8 cm³/mol. The Morgan fingerprint density at radius 1 is 1.25 bits per heavy atom. The van der Waals surface area contributed by atoms with E-state index in [1.165, 1.54) is 12.1 Å². The van der Waals surface area contributed by atoms with Crippen LogP contribution in [0.5, 0.6) is 5.88 Å². The minimum Gasteiger partial charge on any atom is -0.472 e. The number of aryl methyl sites for hydroxylation is 1. The van der Waals surface area contributed by atoms with E-state index in [1.807, 2.05) is 31.9 Å². The van der Waals surface area contributed by atoms with E-state index in [0.29, 0.717) is 11.4 Å². The van der Waals surface area contributed by atoms with Gasteiger partial charge in [0.15, 0.2) is 0 Å². The second kappa shape index (κ2) is 8.36. The van der Waals surface area contributed by atoms with Crippen LogP contribution in [0.25, 0.3) is 0 Å². The Hall–Kier alpha value is -1.77. The molecular formula is C17H18F2IN3O. The number of nitrogens with zero attached hydrogens (tertiary/aromatic N) is 3. The summed E-state index contributed by atoms with van der Waals surface area (Å²) in [7, 11) is 1.94. The highest BCUT2D eigenvalue weighted by atomic mass is 127. The van der Waals surface area contributed by atoms with Crippen molar-refractivity contribution in [2.45, 2.75) is 20.5 Å². The lowest BCUT2D eigenvalue weighted by Crippen LogP contribution is -2.14. The van der Waals surface area contributed by atoms with E-state index in [-0.39, 0.29) is 6.61 Å². The van der Waals surface area contributed by atoms with Crippen LogP contribution in [0.3, 0.4) is 0 Å². The molecule has 0 bridgehead atoms. The highest BCUT2D eigenvalue weighted by Gasteiger charge is 2.09. The number of hydrogen-bond acceptors (Lipinski definition) is 3. The van der Waals surface area contributed by atoms with Gasteiger partial charge < -0.3 is 9.64 Å². The molecule has 128 valence electrons. The molecule has 0 amide bonds. The van der Waals surface area contributed by atoms with E-state index in [2.05, 4.69) is 32.6 Å². The van der Waals surface area contributed by atoms with Crippen LogP contribution < -0.4 is 4.74 Å². The minimum atomic E-state index is -0.628. The lowest BCUT2D eigenvalue weighted by Gasteiger charge is -2.11. The van der Waals surface area contributed by atoms with Gasteiger partial charge >= 0.3 is 0 Å². The van der Waals surface area contributed by atoms with Gasteiger partial charge in [0, 0.05) is 19.7 Å². The number of benzene rings is 1. The fourth-order valence-electron chi connectivity index (χ4n) is 1.87. The standard InChI is InChI=1S/C17H18F2IN3O/c1-4-23(3)10-21-16-8-15(20)17(22-11(16)2)24-9-12-5-13(18)7-14(19)6-12/h5-8,10H,4,9H2,1-3H3. The van der Waals surface area contributed by atoms with Crippen LogP contribution in [0.4, 0.5) is 14.5 Å². The van der Waals surface area contributed by atoms with Crippen LogP contribution in [0.2, 0.25) is 0 Å². The molecule has 24 heavy (non-hydrogen) atoms. The number of ether oxygens (including phenoxy) is 1. The van der Waals surface area contributed by atoms with Crippen LogP contribution in [-0.2, 0) is 6.61 Å². The van der Waals surface area contributed by atoms with Gasteiger partial charge in [-0.15, -0.1) is 0 Å². The summed E-state index contributed by atoms with van der Waals surface area (Å²) in [6, 6.07) is 5.17. The molecule has 0 fully saturated rings. The molecule has 0 atom stereocenters. The average molecular weight is 445 g/mol. The molecule has 1 heterocycles. The van der Waals surface area contributed by atoms with Crippen molar-refractivity contribution in [2.24, 2.45) is 4.99 Å². The lowest BCUT2D eigenvalue weighted by atomic mass is 10.2. The third kappa shape index (κ3) is 5.12. The van der Waals surface area contributed by atoms with Crippen LogP contribution in [0.1, 0.15) is 18.2 Å². The largest absolute Gasteiger partial charge is 0.472 e. The normalized spacial score (nSPS) is 11.1. The molecule has 1 aromatic carbocycles. The highest BCUT2D eigenvalue weighted by molar-refractivity contribution is 14.1. The average Bonchev–Trinajstić information content (AvgIpc) is 2.52. The number of aromatic nitrogens is 1. The molecule has 4 nitrogen and oxygen atoms in total. The Bertz CT molecular complexity index is 733. The van der Waals surface area contributed by atoms with Gasteiger partial charge in [-0.05, 0) is 60.2 Å². The molecular weight excluding hydrogens is 427 g/mol.